The number of hydrogen-bond acceptors (Lipinski definition) is 5. The molecule has 26 heavy (non-hydrogen) atoms. The van der Waals surface area contributed by atoms with Crippen molar-refractivity contribution in [1.82, 2.24) is 15.0 Å². The highest BCUT2D eigenvalue weighted by Gasteiger charge is 2.34. The molecule has 0 fully saturated rings. The van der Waals surface area contributed by atoms with Crippen LogP contribution in [0.2, 0.25) is 0 Å². The number of carbonyl (C=O) groups excluding carboxylic acids is 2. The molecule has 1 aromatic carbocycles. The Morgan fingerprint density at radius 1 is 1.27 bits per heavy atom. The van der Waals surface area contributed by atoms with Crippen molar-refractivity contribution in [3.8, 4) is 5.75 Å². The van der Waals surface area contributed by atoms with Gasteiger partial charge in [0, 0.05) is 32.6 Å². The maximum Gasteiger partial charge on any atom is 0.275 e. The number of fused-ring (bicyclic) bond motifs is 2. The quantitative estimate of drug-likeness (QED) is 0.816. The maximum atomic E-state index is 13.0. The van der Waals surface area contributed by atoms with Gasteiger partial charge in [-0.25, -0.2) is 0 Å². The second-order valence-electron chi connectivity index (χ2n) is 6.96. The molecule has 2 amide bonds. The summed E-state index contributed by atoms with van der Waals surface area (Å²) in [6, 6.07) is 7.82. The summed E-state index contributed by atoms with van der Waals surface area (Å²) in [6.07, 6.45) is 1.24. The van der Waals surface area contributed by atoms with Gasteiger partial charge in [0.05, 0.1) is 12.5 Å². The van der Waals surface area contributed by atoms with Crippen LogP contribution in [0.4, 0.5) is 0 Å². The molecule has 1 atom stereocenters. The molecule has 7 heteroatoms. The van der Waals surface area contributed by atoms with Crippen LogP contribution in [0.5, 0.6) is 5.75 Å². The molecule has 0 aliphatic carbocycles. The average molecular weight is 355 g/mol. The van der Waals surface area contributed by atoms with Gasteiger partial charge in [0.2, 0.25) is 5.91 Å². The van der Waals surface area contributed by atoms with Crippen molar-refractivity contribution < 1.29 is 18.8 Å². The van der Waals surface area contributed by atoms with E-state index in [1.165, 1.54) is 4.90 Å². The van der Waals surface area contributed by atoms with Gasteiger partial charge in [0.15, 0.2) is 5.69 Å². The normalized spacial score (nSPS) is 18.5. The third-order valence-electron chi connectivity index (χ3n) is 4.98. The zero-order valence-corrected chi connectivity index (χ0v) is 14.9. The van der Waals surface area contributed by atoms with Gasteiger partial charge < -0.3 is 19.1 Å². The predicted molar refractivity (Wildman–Crippen MR) is 92.8 cm³/mol. The van der Waals surface area contributed by atoms with E-state index in [1.54, 1.807) is 19.0 Å². The summed E-state index contributed by atoms with van der Waals surface area (Å²) in [7, 11) is 3.35. The molecule has 0 spiro atoms. The van der Waals surface area contributed by atoms with E-state index in [9.17, 15) is 9.59 Å². The van der Waals surface area contributed by atoms with Crippen LogP contribution < -0.4 is 4.74 Å². The molecule has 136 valence electrons. The first-order valence-electron chi connectivity index (χ1n) is 8.73. The summed E-state index contributed by atoms with van der Waals surface area (Å²) in [6.45, 7) is 1.30. The van der Waals surface area contributed by atoms with Crippen molar-refractivity contribution in [3.05, 3.63) is 46.8 Å². The third kappa shape index (κ3) is 2.83. The van der Waals surface area contributed by atoms with Crippen molar-refractivity contribution >= 4 is 11.8 Å². The Kier molecular flexibility index (Phi) is 4.14. The first-order chi connectivity index (χ1) is 12.5. The Hall–Kier alpha value is -2.83. The summed E-state index contributed by atoms with van der Waals surface area (Å²) in [5, 5.41) is 3.93. The summed E-state index contributed by atoms with van der Waals surface area (Å²) >= 11 is 0. The Balaban J connectivity index is 1.51. The van der Waals surface area contributed by atoms with E-state index in [1.807, 2.05) is 24.3 Å². The zero-order valence-electron chi connectivity index (χ0n) is 14.9. The molecule has 0 saturated heterocycles. The molecule has 2 aliphatic heterocycles. The lowest BCUT2D eigenvalue weighted by Gasteiger charge is -2.32. The molecule has 7 nitrogen and oxygen atoms in total. The number of rotatable bonds is 2. The second kappa shape index (κ2) is 6.48. The molecule has 2 aliphatic rings. The average Bonchev–Trinajstić information content (AvgIpc) is 3.09. The molecule has 0 radical (unpaired) electrons. The summed E-state index contributed by atoms with van der Waals surface area (Å²) < 4.78 is 11.1. The van der Waals surface area contributed by atoms with Crippen molar-refractivity contribution in [2.24, 2.45) is 5.92 Å². The van der Waals surface area contributed by atoms with Crippen LogP contribution in [0.3, 0.4) is 0 Å². The Morgan fingerprint density at radius 3 is 2.88 bits per heavy atom. The fourth-order valence-corrected chi connectivity index (χ4v) is 3.52. The Labute approximate surface area is 151 Å². The minimum absolute atomic E-state index is 0.0506. The highest BCUT2D eigenvalue weighted by Crippen LogP contribution is 2.30. The Morgan fingerprint density at radius 2 is 2.08 bits per heavy atom. The van der Waals surface area contributed by atoms with Crippen LogP contribution >= 0.6 is 0 Å². The number of benzene rings is 1. The molecule has 1 aromatic heterocycles. The fraction of sp³-hybridized carbons (Fsp3) is 0.421. The van der Waals surface area contributed by atoms with Gasteiger partial charge in [0.25, 0.3) is 5.91 Å². The SMILES string of the molecule is CN(C)C(=O)c1noc2c1CN(C(=O)[C@H]1COc3ccccc3C1)CC2. The van der Waals surface area contributed by atoms with E-state index in [0.29, 0.717) is 44.0 Å². The summed E-state index contributed by atoms with van der Waals surface area (Å²) in [5.41, 5.74) is 2.08. The molecule has 3 heterocycles. The lowest BCUT2D eigenvalue weighted by Crippen LogP contribution is -2.43. The van der Waals surface area contributed by atoms with Crippen molar-refractivity contribution in [3.63, 3.8) is 0 Å². The van der Waals surface area contributed by atoms with Gasteiger partial charge in [-0.1, -0.05) is 23.4 Å². The number of hydrogen-bond donors (Lipinski definition) is 0. The summed E-state index contributed by atoms with van der Waals surface area (Å²) in [4.78, 5) is 28.5. The van der Waals surface area contributed by atoms with Crippen molar-refractivity contribution in [2.45, 2.75) is 19.4 Å². The minimum Gasteiger partial charge on any atom is -0.492 e. The fourth-order valence-electron chi connectivity index (χ4n) is 3.52. The number of ether oxygens (including phenoxy) is 1. The minimum atomic E-state index is -0.209. The van der Waals surface area contributed by atoms with Crippen LogP contribution in [-0.4, -0.2) is 54.0 Å². The molecule has 0 N–H and O–H groups in total. The van der Waals surface area contributed by atoms with E-state index in [0.717, 1.165) is 16.9 Å². The monoisotopic (exact) mass is 355 g/mol. The maximum absolute atomic E-state index is 13.0. The van der Waals surface area contributed by atoms with Crippen LogP contribution in [0, 0.1) is 5.92 Å². The molecule has 0 unspecified atom stereocenters. The topological polar surface area (TPSA) is 75.9 Å². The van der Waals surface area contributed by atoms with Gasteiger partial charge in [-0.2, -0.15) is 0 Å². The highest BCUT2D eigenvalue weighted by atomic mass is 16.5. The second-order valence-corrected chi connectivity index (χ2v) is 6.96. The van der Waals surface area contributed by atoms with E-state index in [2.05, 4.69) is 5.16 Å². The number of para-hydroxylation sites is 1. The smallest absolute Gasteiger partial charge is 0.275 e. The first-order valence-corrected chi connectivity index (χ1v) is 8.73. The van der Waals surface area contributed by atoms with Crippen molar-refractivity contribution in [1.29, 1.82) is 0 Å². The zero-order chi connectivity index (χ0) is 18.3. The molecule has 2 aromatic rings. The van der Waals surface area contributed by atoms with Gasteiger partial charge >= 0.3 is 0 Å². The molecular formula is C19H21N3O4. The standard InChI is InChI=1S/C19H21N3O4/c1-21(2)19(24)17-14-10-22(8-7-16(14)26-20-17)18(23)13-9-12-5-3-4-6-15(12)25-11-13/h3-6,13H,7-11H2,1-2H3/t13-/m1/s1. The first kappa shape index (κ1) is 16.6. The van der Waals surface area contributed by atoms with Crippen LogP contribution in [0.15, 0.2) is 28.8 Å². The van der Waals surface area contributed by atoms with Gasteiger partial charge in [0.1, 0.15) is 18.1 Å². The molecule has 0 saturated carbocycles. The third-order valence-corrected chi connectivity index (χ3v) is 4.98. The molecule has 0 bridgehead atoms. The van der Waals surface area contributed by atoms with Gasteiger partial charge in [-0.15, -0.1) is 0 Å². The molecule has 4 rings (SSSR count). The number of nitrogens with zero attached hydrogens (tertiary/aromatic N) is 3. The number of carbonyl (C=O) groups is 2. The van der Waals surface area contributed by atoms with E-state index in [4.69, 9.17) is 9.26 Å². The lowest BCUT2D eigenvalue weighted by atomic mass is 9.94. The number of amides is 2. The van der Waals surface area contributed by atoms with E-state index >= 15 is 0 Å². The van der Waals surface area contributed by atoms with Crippen LogP contribution in [-0.2, 0) is 24.2 Å². The Bertz CT molecular complexity index is 858. The largest absolute Gasteiger partial charge is 0.492 e. The van der Waals surface area contributed by atoms with Crippen LogP contribution in [0.25, 0.3) is 0 Å². The van der Waals surface area contributed by atoms with E-state index in [-0.39, 0.29) is 17.7 Å². The lowest BCUT2D eigenvalue weighted by molar-refractivity contribution is -0.138. The van der Waals surface area contributed by atoms with Gasteiger partial charge in [-0.05, 0) is 18.1 Å². The van der Waals surface area contributed by atoms with Crippen molar-refractivity contribution in [2.75, 3.05) is 27.2 Å². The molecular weight excluding hydrogens is 334 g/mol. The van der Waals surface area contributed by atoms with E-state index < -0.39 is 0 Å². The number of aromatic nitrogens is 1. The van der Waals surface area contributed by atoms with Gasteiger partial charge in [-0.3, -0.25) is 9.59 Å². The highest BCUT2D eigenvalue weighted by molar-refractivity contribution is 5.93. The summed E-state index contributed by atoms with van der Waals surface area (Å²) in [5.74, 6) is 1.19. The van der Waals surface area contributed by atoms with Crippen LogP contribution in [0.1, 0.15) is 27.4 Å². The predicted octanol–water partition coefficient (Wildman–Crippen LogP) is 1.51.